The Morgan fingerprint density at radius 3 is 2.45 bits per heavy atom. The maximum Gasteiger partial charge on any atom is 0.270 e. The fourth-order valence-electron chi connectivity index (χ4n) is 3.18. The highest BCUT2D eigenvalue weighted by Gasteiger charge is 2.36. The summed E-state index contributed by atoms with van der Waals surface area (Å²) >= 11 is 0. The lowest BCUT2D eigenvalue weighted by atomic mass is 9.99. The molecule has 4 rings (SSSR count). The number of carbonyl (C=O) groups is 3. The van der Waals surface area contributed by atoms with Crippen molar-refractivity contribution >= 4 is 23.3 Å². The Hall–Kier alpha value is -4.20. The number of carbonyl (C=O) groups excluding carboxylic acids is 3. The molecule has 0 fully saturated rings. The summed E-state index contributed by atoms with van der Waals surface area (Å²) in [7, 11) is 0. The molecule has 3 aromatic rings. The number of aromatic nitrogens is 1. The number of rotatable bonds is 5. The maximum absolute atomic E-state index is 12.8. The number of fused-ring (bicyclic) bond motifs is 1. The fraction of sp³-hybridized carbons (Fsp3) is 0.0476. The first-order valence-corrected chi connectivity index (χ1v) is 8.64. The van der Waals surface area contributed by atoms with E-state index in [2.05, 4.69) is 4.98 Å². The van der Waals surface area contributed by atoms with Crippen LogP contribution in [0.1, 0.15) is 42.2 Å². The van der Waals surface area contributed by atoms with Gasteiger partial charge in [0.15, 0.2) is 5.78 Å². The molecule has 0 saturated heterocycles. The molecular weight excluding hydrogens is 374 g/mol. The van der Waals surface area contributed by atoms with Gasteiger partial charge in [-0.15, -0.1) is 0 Å². The summed E-state index contributed by atoms with van der Waals surface area (Å²) in [5.74, 6) is -1.41. The number of non-ortho nitro benzene ring substituents is 1. The molecular formula is C21H13N3O5. The van der Waals surface area contributed by atoms with E-state index in [9.17, 15) is 24.5 Å². The number of hydrogen-bond acceptors (Lipinski definition) is 6. The average molecular weight is 387 g/mol. The largest absolute Gasteiger partial charge is 0.289 e. The van der Waals surface area contributed by atoms with Crippen molar-refractivity contribution in [2.75, 3.05) is 0 Å². The SMILES string of the molecule is O=C(c1cccc([N+](=O)[O-])c1)c1ccc2c(c1)C(=O)N(Cc1cccnc1)C2=O. The minimum atomic E-state index is -0.585. The van der Waals surface area contributed by atoms with Gasteiger partial charge in [-0.25, -0.2) is 0 Å². The van der Waals surface area contributed by atoms with Gasteiger partial charge in [0.25, 0.3) is 17.5 Å². The normalized spacial score (nSPS) is 12.8. The molecule has 0 spiro atoms. The zero-order chi connectivity index (χ0) is 20.5. The van der Waals surface area contributed by atoms with E-state index < -0.39 is 22.5 Å². The Balaban J connectivity index is 1.64. The van der Waals surface area contributed by atoms with Gasteiger partial charge in [0.05, 0.1) is 22.6 Å². The Labute approximate surface area is 164 Å². The third kappa shape index (κ3) is 3.27. The first-order chi connectivity index (χ1) is 14.0. The van der Waals surface area contributed by atoms with Crippen LogP contribution in [0.3, 0.4) is 0 Å². The smallest absolute Gasteiger partial charge is 0.270 e. The van der Waals surface area contributed by atoms with Gasteiger partial charge >= 0.3 is 0 Å². The number of hydrogen-bond donors (Lipinski definition) is 0. The topological polar surface area (TPSA) is 110 Å². The third-order valence-electron chi connectivity index (χ3n) is 4.62. The van der Waals surface area contributed by atoms with E-state index in [0.29, 0.717) is 5.56 Å². The molecule has 0 aliphatic carbocycles. The van der Waals surface area contributed by atoms with Crippen LogP contribution < -0.4 is 0 Å². The summed E-state index contributed by atoms with van der Waals surface area (Å²) in [6, 6.07) is 13.1. The summed E-state index contributed by atoms with van der Waals surface area (Å²) in [6.07, 6.45) is 3.17. The predicted molar refractivity (Wildman–Crippen MR) is 101 cm³/mol. The molecule has 1 aliphatic rings. The Bertz CT molecular complexity index is 1170. The lowest BCUT2D eigenvalue weighted by Crippen LogP contribution is -2.29. The number of benzene rings is 2. The van der Waals surface area contributed by atoms with Crippen LogP contribution in [0.4, 0.5) is 5.69 Å². The molecule has 0 atom stereocenters. The van der Waals surface area contributed by atoms with Crippen molar-refractivity contribution in [1.29, 1.82) is 0 Å². The van der Waals surface area contributed by atoms with E-state index in [1.807, 2.05) is 0 Å². The van der Waals surface area contributed by atoms with Crippen molar-refractivity contribution in [1.82, 2.24) is 9.88 Å². The molecule has 1 aromatic heterocycles. The summed E-state index contributed by atoms with van der Waals surface area (Å²) in [4.78, 5) is 53.5. The van der Waals surface area contributed by atoms with E-state index in [1.165, 1.54) is 42.5 Å². The van der Waals surface area contributed by atoms with Crippen molar-refractivity contribution in [2.45, 2.75) is 6.54 Å². The molecule has 0 unspecified atom stereocenters. The van der Waals surface area contributed by atoms with E-state index >= 15 is 0 Å². The average Bonchev–Trinajstić information content (AvgIpc) is 2.98. The maximum atomic E-state index is 12.8. The van der Waals surface area contributed by atoms with Crippen LogP contribution in [-0.4, -0.2) is 32.4 Å². The number of pyridine rings is 1. The van der Waals surface area contributed by atoms with Gasteiger partial charge < -0.3 is 0 Å². The van der Waals surface area contributed by atoms with Crippen molar-refractivity contribution in [3.05, 3.63) is 105 Å². The van der Waals surface area contributed by atoms with Crippen molar-refractivity contribution in [2.24, 2.45) is 0 Å². The molecule has 2 aromatic carbocycles. The minimum Gasteiger partial charge on any atom is -0.289 e. The quantitative estimate of drug-likeness (QED) is 0.288. The van der Waals surface area contributed by atoms with Gasteiger partial charge in [-0.2, -0.15) is 0 Å². The molecule has 142 valence electrons. The van der Waals surface area contributed by atoms with Gasteiger partial charge in [-0.3, -0.25) is 34.4 Å². The summed E-state index contributed by atoms with van der Waals surface area (Å²) in [5.41, 5.74) is 1.15. The zero-order valence-corrected chi connectivity index (χ0v) is 14.9. The highest BCUT2D eigenvalue weighted by atomic mass is 16.6. The number of nitro groups is 1. The monoisotopic (exact) mass is 387 g/mol. The van der Waals surface area contributed by atoms with Crippen LogP contribution in [0.25, 0.3) is 0 Å². The number of nitro benzene ring substituents is 1. The lowest BCUT2D eigenvalue weighted by Gasteiger charge is -2.13. The molecule has 8 heteroatoms. The highest BCUT2D eigenvalue weighted by molar-refractivity contribution is 6.22. The van der Waals surface area contributed by atoms with Gasteiger partial charge in [0.1, 0.15) is 0 Å². The molecule has 2 heterocycles. The van der Waals surface area contributed by atoms with Crippen LogP contribution in [0.15, 0.2) is 67.0 Å². The number of ketones is 1. The predicted octanol–water partition coefficient (Wildman–Crippen LogP) is 3.02. The van der Waals surface area contributed by atoms with Crippen LogP contribution in [0.5, 0.6) is 0 Å². The molecule has 29 heavy (non-hydrogen) atoms. The first kappa shape index (κ1) is 18.2. The number of amides is 2. The molecule has 0 bridgehead atoms. The van der Waals surface area contributed by atoms with Crippen LogP contribution in [0.2, 0.25) is 0 Å². The second-order valence-electron chi connectivity index (χ2n) is 6.45. The second kappa shape index (κ2) is 7.08. The van der Waals surface area contributed by atoms with E-state index in [1.54, 1.807) is 24.5 Å². The Morgan fingerprint density at radius 1 is 0.966 bits per heavy atom. The number of nitrogens with zero attached hydrogens (tertiary/aromatic N) is 3. The molecule has 0 saturated carbocycles. The Morgan fingerprint density at radius 2 is 1.72 bits per heavy atom. The molecule has 1 aliphatic heterocycles. The first-order valence-electron chi connectivity index (χ1n) is 8.64. The Kier molecular flexibility index (Phi) is 4.44. The van der Waals surface area contributed by atoms with Gasteiger partial charge in [0.2, 0.25) is 0 Å². The molecule has 0 radical (unpaired) electrons. The number of imide groups is 1. The van der Waals surface area contributed by atoms with Crippen molar-refractivity contribution in [3.8, 4) is 0 Å². The van der Waals surface area contributed by atoms with E-state index in [4.69, 9.17) is 0 Å². The van der Waals surface area contributed by atoms with Crippen LogP contribution >= 0.6 is 0 Å². The molecule has 0 N–H and O–H groups in total. The third-order valence-corrected chi connectivity index (χ3v) is 4.62. The molecule has 2 amide bonds. The minimum absolute atomic E-state index is 0.0777. The summed E-state index contributed by atoms with van der Waals surface area (Å²) in [6.45, 7) is 0.0777. The molecule has 8 nitrogen and oxygen atoms in total. The van der Waals surface area contributed by atoms with Crippen molar-refractivity contribution < 1.29 is 19.3 Å². The fourth-order valence-corrected chi connectivity index (χ4v) is 3.18. The van der Waals surface area contributed by atoms with Crippen LogP contribution in [-0.2, 0) is 6.54 Å². The van der Waals surface area contributed by atoms with E-state index in [0.717, 1.165) is 4.90 Å². The van der Waals surface area contributed by atoms with E-state index in [-0.39, 0.29) is 34.5 Å². The second-order valence-corrected chi connectivity index (χ2v) is 6.45. The standard InChI is InChI=1S/C21H13N3O5/c25-19(14-4-1-5-16(9-14)24(28)29)15-6-7-17-18(10-15)21(27)23(20(17)26)12-13-3-2-8-22-11-13/h1-11H,12H2. The summed E-state index contributed by atoms with van der Waals surface area (Å²) < 4.78 is 0. The van der Waals surface area contributed by atoms with Crippen molar-refractivity contribution in [3.63, 3.8) is 0 Å². The summed E-state index contributed by atoms with van der Waals surface area (Å²) in [5, 5.41) is 10.9. The van der Waals surface area contributed by atoms with Gasteiger partial charge in [-0.1, -0.05) is 24.3 Å². The van der Waals surface area contributed by atoms with Gasteiger partial charge in [-0.05, 0) is 23.8 Å². The van der Waals surface area contributed by atoms with Crippen LogP contribution in [0, 0.1) is 10.1 Å². The zero-order valence-electron chi connectivity index (χ0n) is 14.9. The lowest BCUT2D eigenvalue weighted by molar-refractivity contribution is -0.384. The highest BCUT2D eigenvalue weighted by Crippen LogP contribution is 2.27. The van der Waals surface area contributed by atoms with Gasteiger partial charge in [0, 0.05) is 35.7 Å².